The van der Waals surface area contributed by atoms with Crippen LogP contribution in [0.15, 0.2) is 48.5 Å². The van der Waals surface area contributed by atoms with Crippen molar-refractivity contribution in [3.05, 3.63) is 74.3 Å². The molecular weight excluding hydrogens is 406 g/mol. The molecule has 0 aliphatic rings. The molecule has 12 nitrogen and oxygen atoms in total. The van der Waals surface area contributed by atoms with Crippen molar-refractivity contribution >= 4 is 40.5 Å². The van der Waals surface area contributed by atoms with E-state index in [-0.39, 0.29) is 27.8 Å². The number of hydrogen-bond donors (Lipinski definition) is 3. The topological polar surface area (TPSA) is 166 Å². The molecule has 150 valence electrons. The Kier molecular flexibility index (Phi) is 7.08. The highest BCUT2D eigenvalue weighted by atomic mass is 32.1. The monoisotopic (exact) mass is 419 g/mol. The van der Waals surface area contributed by atoms with Gasteiger partial charge in [0, 0.05) is 29.8 Å². The summed E-state index contributed by atoms with van der Waals surface area (Å²) < 4.78 is 5.15. The summed E-state index contributed by atoms with van der Waals surface area (Å²) in [5.74, 6) is -1.11. The molecule has 0 saturated heterocycles. The Hall–Kier alpha value is -4.13. The smallest absolute Gasteiger partial charge is 0.276 e. The number of nitro groups is 2. The second-order valence-corrected chi connectivity index (χ2v) is 5.71. The minimum absolute atomic E-state index is 0.0104. The van der Waals surface area contributed by atoms with Crippen LogP contribution >= 0.6 is 12.2 Å². The van der Waals surface area contributed by atoms with E-state index in [9.17, 15) is 29.8 Å². The highest BCUT2D eigenvalue weighted by Crippen LogP contribution is 2.17. The molecule has 29 heavy (non-hydrogen) atoms. The summed E-state index contributed by atoms with van der Waals surface area (Å²) in [6.07, 6.45) is 0. The van der Waals surface area contributed by atoms with Gasteiger partial charge >= 0.3 is 0 Å². The summed E-state index contributed by atoms with van der Waals surface area (Å²) >= 11 is 4.85. The SMILES string of the molecule is O=C(COc1ccc([N+](=O)[O-])cc1)NNC(=S)NC(=O)c1cccc([N+](=O)[O-])c1. The lowest BCUT2D eigenvalue weighted by atomic mass is 10.2. The maximum absolute atomic E-state index is 12.0. The number of rotatable bonds is 6. The predicted molar refractivity (Wildman–Crippen MR) is 103 cm³/mol. The van der Waals surface area contributed by atoms with Crippen LogP contribution in [0.25, 0.3) is 0 Å². The highest BCUT2D eigenvalue weighted by molar-refractivity contribution is 7.80. The van der Waals surface area contributed by atoms with Crippen molar-refractivity contribution in [2.45, 2.75) is 0 Å². The fourth-order valence-corrected chi connectivity index (χ4v) is 2.09. The molecule has 0 aromatic heterocycles. The van der Waals surface area contributed by atoms with Gasteiger partial charge in [0.25, 0.3) is 23.2 Å². The second kappa shape index (κ2) is 9.70. The van der Waals surface area contributed by atoms with Gasteiger partial charge in [-0.1, -0.05) is 6.07 Å². The van der Waals surface area contributed by atoms with E-state index >= 15 is 0 Å². The van der Waals surface area contributed by atoms with Gasteiger partial charge in [-0.15, -0.1) is 0 Å². The van der Waals surface area contributed by atoms with Crippen LogP contribution in [0.1, 0.15) is 10.4 Å². The zero-order valence-electron chi connectivity index (χ0n) is 14.5. The van der Waals surface area contributed by atoms with Gasteiger partial charge in [-0.05, 0) is 30.4 Å². The van der Waals surface area contributed by atoms with E-state index < -0.39 is 28.3 Å². The van der Waals surface area contributed by atoms with Gasteiger partial charge in [0.15, 0.2) is 11.7 Å². The van der Waals surface area contributed by atoms with E-state index in [4.69, 9.17) is 17.0 Å². The van der Waals surface area contributed by atoms with Crippen LogP contribution in [-0.2, 0) is 4.79 Å². The van der Waals surface area contributed by atoms with E-state index in [1.807, 2.05) is 0 Å². The lowest BCUT2D eigenvalue weighted by Gasteiger charge is -2.11. The van der Waals surface area contributed by atoms with Gasteiger partial charge < -0.3 is 4.74 Å². The largest absolute Gasteiger partial charge is 0.484 e. The minimum Gasteiger partial charge on any atom is -0.484 e. The van der Waals surface area contributed by atoms with Crippen LogP contribution in [0.3, 0.4) is 0 Å². The normalized spacial score (nSPS) is 9.79. The van der Waals surface area contributed by atoms with Gasteiger partial charge in [0.1, 0.15) is 5.75 Å². The van der Waals surface area contributed by atoms with Crippen LogP contribution in [0, 0.1) is 20.2 Å². The van der Waals surface area contributed by atoms with Gasteiger partial charge in [0.2, 0.25) is 0 Å². The third-order valence-electron chi connectivity index (χ3n) is 3.28. The Morgan fingerprint density at radius 1 is 0.966 bits per heavy atom. The summed E-state index contributed by atoms with van der Waals surface area (Å²) in [6.45, 7) is -0.424. The number of carbonyl (C=O) groups excluding carboxylic acids is 2. The average Bonchev–Trinajstić information content (AvgIpc) is 2.71. The van der Waals surface area contributed by atoms with Gasteiger partial charge in [-0.3, -0.25) is 46.0 Å². The molecule has 0 atom stereocenters. The van der Waals surface area contributed by atoms with E-state index in [1.54, 1.807) is 0 Å². The van der Waals surface area contributed by atoms with Crippen LogP contribution in [0.2, 0.25) is 0 Å². The summed E-state index contributed by atoms with van der Waals surface area (Å²) in [5.41, 5.74) is 4.10. The molecular formula is C16H13N5O7S. The number of nitro benzene ring substituents is 2. The summed E-state index contributed by atoms with van der Waals surface area (Å²) in [7, 11) is 0. The van der Waals surface area contributed by atoms with Crippen molar-refractivity contribution < 1.29 is 24.2 Å². The third kappa shape index (κ3) is 6.51. The number of carbonyl (C=O) groups is 2. The summed E-state index contributed by atoms with van der Waals surface area (Å²) in [6, 6.07) is 10.1. The maximum Gasteiger partial charge on any atom is 0.276 e. The zero-order valence-corrected chi connectivity index (χ0v) is 15.3. The van der Waals surface area contributed by atoms with E-state index in [2.05, 4.69) is 16.2 Å². The van der Waals surface area contributed by atoms with Crippen LogP contribution in [-0.4, -0.2) is 33.4 Å². The van der Waals surface area contributed by atoms with Gasteiger partial charge in [-0.25, -0.2) is 0 Å². The zero-order chi connectivity index (χ0) is 21.4. The lowest BCUT2D eigenvalue weighted by molar-refractivity contribution is -0.385. The number of amides is 2. The van der Waals surface area contributed by atoms with Crippen LogP contribution < -0.4 is 20.9 Å². The average molecular weight is 419 g/mol. The molecule has 2 rings (SSSR count). The molecule has 0 aliphatic carbocycles. The van der Waals surface area contributed by atoms with Crippen molar-refractivity contribution in [1.82, 2.24) is 16.2 Å². The van der Waals surface area contributed by atoms with Crippen LogP contribution in [0.5, 0.6) is 5.75 Å². The van der Waals surface area contributed by atoms with Crippen molar-refractivity contribution in [3.63, 3.8) is 0 Å². The fraction of sp³-hybridized carbons (Fsp3) is 0.0625. The number of nitrogens with zero attached hydrogens (tertiary/aromatic N) is 2. The lowest BCUT2D eigenvalue weighted by Crippen LogP contribution is -2.49. The Morgan fingerprint density at radius 2 is 1.62 bits per heavy atom. The number of benzene rings is 2. The molecule has 3 N–H and O–H groups in total. The molecule has 0 bridgehead atoms. The molecule has 13 heteroatoms. The summed E-state index contributed by atoms with van der Waals surface area (Å²) in [4.78, 5) is 43.8. The maximum atomic E-state index is 12.0. The minimum atomic E-state index is -0.706. The number of non-ortho nitro benzene ring substituents is 2. The first-order valence-corrected chi connectivity index (χ1v) is 8.19. The Morgan fingerprint density at radius 3 is 2.24 bits per heavy atom. The van der Waals surface area contributed by atoms with E-state index in [0.717, 1.165) is 6.07 Å². The van der Waals surface area contributed by atoms with Crippen molar-refractivity contribution in [2.75, 3.05) is 6.61 Å². The first-order chi connectivity index (χ1) is 13.8. The molecule has 0 unspecified atom stereocenters. The number of thiocarbonyl (C=S) groups is 1. The molecule has 0 aliphatic heterocycles. The number of hydrogen-bond acceptors (Lipinski definition) is 8. The Labute approximate surface area is 168 Å². The Balaban J connectivity index is 1.77. The molecule has 2 aromatic rings. The van der Waals surface area contributed by atoms with E-state index in [0.29, 0.717) is 0 Å². The number of hydrazine groups is 1. The fourth-order valence-electron chi connectivity index (χ4n) is 1.94. The second-order valence-electron chi connectivity index (χ2n) is 5.30. The molecule has 0 heterocycles. The first kappa shape index (κ1) is 21.2. The van der Waals surface area contributed by atoms with Gasteiger partial charge in [-0.2, -0.15) is 0 Å². The summed E-state index contributed by atoms with van der Waals surface area (Å²) in [5, 5.41) is 23.3. The predicted octanol–water partition coefficient (Wildman–Crippen LogP) is 1.22. The Bertz CT molecular complexity index is 964. The number of nitrogens with one attached hydrogen (secondary N) is 3. The molecule has 0 saturated carbocycles. The molecule has 2 aromatic carbocycles. The highest BCUT2D eigenvalue weighted by Gasteiger charge is 2.13. The molecule has 0 fully saturated rings. The van der Waals surface area contributed by atoms with Crippen LogP contribution in [0.4, 0.5) is 11.4 Å². The standard InChI is InChI=1S/C16H13N5O7S/c22-14(9-28-13-6-4-11(5-7-13)20(24)25)18-19-16(29)17-15(23)10-2-1-3-12(8-10)21(26)27/h1-8H,9H2,(H,18,22)(H2,17,19,23,29). The van der Waals surface area contributed by atoms with E-state index in [1.165, 1.54) is 42.5 Å². The first-order valence-electron chi connectivity index (χ1n) is 7.78. The van der Waals surface area contributed by atoms with Crippen molar-refractivity contribution in [3.8, 4) is 5.75 Å². The number of ether oxygens (including phenoxy) is 1. The molecule has 0 radical (unpaired) electrons. The molecule has 2 amide bonds. The quantitative estimate of drug-likeness (QED) is 0.354. The molecule has 0 spiro atoms. The van der Waals surface area contributed by atoms with Gasteiger partial charge in [0.05, 0.1) is 9.85 Å². The van der Waals surface area contributed by atoms with Crippen molar-refractivity contribution in [1.29, 1.82) is 0 Å². The third-order valence-corrected chi connectivity index (χ3v) is 3.48. The van der Waals surface area contributed by atoms with Crippen molar-refractivity contribution in [2.24, 2.45) is 0 Å².